The summed E-state index contributed by atoms with van der Waals surface area (Å²) in [7, 11) is 5.70. The maximum absolute atomic E-state index is 2.30. The van der Waals surface area contributed by atoms with Crippen molar-refractivity contribution in [3.05, 3.63) is 0 Å². The van der Waals surface area contributed by atoms with Gasteiger partial charge in [-0.1, -0.05) is 12.7 Å². The summed E-state index contributed by atoms with van der Waals surface area (Å²) in [6, 6.07) is 0. The Bertz CT molecular complexity index is 72.5. The monoisotopic (exact) mass is 97.1 g/mol. The third kappa shape index (κ3) is 0.971. The zero-order valence-electron chi connectivity index (χ0n) is 5.31. The Morgan fingerprint density at radius 3 is 1.86 bits per heavy atom. The average Bonchev–Trinajstić information content (AvgIpc) is 2.17. The average molecular weight is 97.0 g/mol. The second-order valence-electron chi connectivity index (χ2n) is 2.74. The molecule has 0 saturated carbocycles. The van der Waals surface area contributed by atoms with Crippen LogP contribution in [0, 0.1) is 0 Å². The molecule has 0 aromatic rings. The molecule has 0 aromatic heterocycles. The first kappa shape index (κ1) is 5.17. The van der Waals surface area contributed by atoms with Crippen LogP contribution >= 0.6 is 0 Å². The molecule has 0 aromatic carbocycles. The predicted molar refractivity (Wildman–Crippen MR) is 34.0 cm³/mol. The molecule has 0 aliphatic carbocycles. The highest BCUT2D eigenvalue weighted by Gasteiger charge is 2.35. The lowest BCUT2D eigenvalue weighted by molar-refractivity contribution is 0.409. The Kier molecular flexibility index (Phi) is 1.12. The Morgan fingerprint density at radius 1 is 1.43 bits per heavy atom. The quantitative estimate of drug-likeness (QED) is 0.420. The van der Waals surface area contributed by atoms with Crippen molar-refractivity contribution in [1.82, 2.24) is 4.90 Å². The van der Waals surface area contributed by atoms with Crippen molar-refractivity contribution in [2.75, 3.05) is 14.1 Å². The third-order valence-electron chi connectivity index (χ3n) is 1.73. The zero-order chi connectivity index (χ0) is 5.44. The Morgan fingerprint density at radius 2 is 1.86 bits per heavy atom. The Labute approximate surface area is 45.9 Å². The topological polar surface area (TPSA) is 3.24 Å². The molecule has 2 atom stereocenters. The van der Waals surface area contributed by atoms with Crippen LogP contribution in [0.5, 0.6) is 0 Å². The Hall–Kier alpha value is 0.0249. The minimum Gasteiger partial charge on any atom is -0.314 e. The van der Waals surface area contributed by atoms with Crippen LogP contribution in [0.1, 0.15) is 6.92 Å². The molecule has 1 aliphatic heterocycles. The molecule has 2 unspecified atom stereocenters. The first-order valence-electron chi connectivity index (χ1n) is 2.88. The fraction of sp³-hybridized carbons (Fsp3) is 1.00. The van der Waals surface area contributed by atoms with Gasteiger partial charge in [0.25, 0.3) is 0 Å². The van der Waals surface area contributed by atoms with E-state index in [2.05, 4.69) is 25.9 Å². The largest absolute Gasteiger partial charge is 0.314 e. The van der Waals surface area contributed by atoms with Gasteiger partial charge >= 0.3 is 0 Å². The van der Waals surface area contributed by atoms with Crippen molar-refractivity contribution in [2.24, 2.45) is 0 Å². The van der Waals surface area contributed by atoms with Gasteiger partial charge in [0, 0.05) is 0 Å². The van der Waals surface area contributed by atoms with Crippen molar-refractivity contribution < 1.29 is 0 Å². The first-order valence-corrected chi connectivity index (χ1v) is 2.88. The van der Waals surface area contributed by atoms with E-state index in [4.69, 9.17) is 0 Å². The lowest BCUT2D eigenvalue weighted by Crippen LogP contribution is -2.15. The van der Waals surface area contributed by atoms with Crippen molar-refractivity contribution in [2.45, 2.75) is 18.7 Å². The van der Waals surface area contributed by atoms with Crippen molar-refractivity contribution >= 4 is 7.28 Å². The highest BCUT2D eigenvalue weighted by atomic mass is 15.1. The number of hydrogen-bond acceptors (Lipinski definition) is 1. The maximum Gasteiger partial charge on any atom is 0.145 e. The SMILES string of the molecule is CC1BC1N(C)C. The van der Waals surface area contributed by atoms with E-state index in [0.717, 1.165) is 11.8 Å². The molecule has 0 N–H and O–H groups in total. The van der Waals surface area contributed by atoms with Gasteiger partial charge in [-0.3, -0.25) is 0 Å². The lowest BCUT2D eigenvalue weighted by Gasteiger charge is -2.06. The Balaban J connectivity index is 2.20. The molecular weight excluding hydrogens is 84.9 g/mol. The summed E-state index contributed by atoms with van der Waals surface area (Å²) >= 11 is 0. The summed E-state index contributed by atoms with van der Waals surface area (Å²) < 4.78 is 0. The highest BCUT2D eigenvalue weighted by molar-refractivity contribution is 6.53. The van der Waals surface area contributed by atoms with E-state index >= 15 is 0 Å². The standard InChI is InChI=1S/C5H12BN/c1-4-5(6-4)7(2)3/h4-6H,1-3H3. The van der Waals surface area contributed by atoms with Crippen LogP contribution in [0.3, 0.4) is 0 Å². The van der Waals surface area contributed by atoms with Crippen LogP contribution in [0.25, 0.3) is 0 Å². The van der Waals surface area contributed by atoms with Crippen molar-refractivity contribution in [1.29, 1.82) is 0 Å². The first-order chi connectivity index (χ1) is 3.22. The molecule has 7 heavy (non-hydrogen) atoms. The van der Waals surface area contributed by atoms with Gasteiger partial charge < -0.3 is 4.90 Å². The molecular formula is C5H12BN. The lowest BCUT2D eigenvalue weighted by atomic mass is 10.0. The van der Waals surface area contributed by atoms with Gasteiger partial charge in [0.1, 0.15) is 7.28 Å². The van der Waals surface area contributed by atoms with Crippen molar-refractivity contribution in [3.63, 3.8) is 0 Å². The molecule has 1 heterocycles. The summed E-state index contributed by atoms with van der Waals surface area (Å²) in [6.45, 7) is 2.30. The molecule has 1 rings (SSSR count). The fourth-order valence-corrected chi connectivity index (χ4v) is 1.02. The summed E-state index contributed by atoms with van der Waals surface area (Å²) in [5.41, 5.74) is 0. The molecule has 40 valence electrons. The molecule has 0 amide bonds. The zero-order valence-corrected chi connectivity index (χ0v) is 5.31. The molecule has 1 nitrogen and oxygen atoms in total. The third-order valence-corrected chi connectivity index (χ3v) is 1.73. The van der Waals surface area contributed by atoms with Crippen LogP contribution in [0.15, 0.2) is 0 Å². The molecule has 1 saturated heterocycles. The number of rotatable bonds is 1. The molecule has 1 aliphatic rings. The number of nitrogens with zero attached hydrogens (tertiary/aromatic N) is 1. The molecule has 1 fully saturated rings. The van der Waals surface area contributed by atoms with E-state index < -0.39 is 0 Å². The van der Waals surface area contributed by atoms with Gasteiger partial charge in [-0.25, -0.2) is 0 Å². The van der Waals surface area contributed by atoms with Gasteiger partial charge in [-0.05, 0) is 20.0 Å². The van der Waals surface area contributed by atoms with Crippen LogP contribution in [-0.2, 0) is 0 Å². The van der Waals surface area contributed by atoms with E-state index in [9.17, 15) is 0 Å². The maximum atomic E-state index is 2.30. The van der Waals surface area contributed by atoms with Crippen LogP contribution < -0.4 is 0 Å². The van der Waals surface area contributed by atoms with Crippen LogP contribution in [0.2, 0.25) is 5.82 Å². The van der Waals surface area contributed by atoms with Crippen LogP contribution in [0.4, 0.5) is 0 Å². The van der Waals surface area contributed by atoms with Gasteiger partial charge in [0.15, 0.2) is 0 Å². The smallest absolute Gasteiger partial charge is 0.145 e. The van der Waals surface area contributed by atoms with Gasteiger partial charge in [0.05, 0.1) is 0 Å². The van der Waals surface area contributed by atoms with E-state index in [0.29, 0.717) is 0 Å². The molecule has 0 spiro atoms. The second kappa shape index (κ2) is 1.51. The van der Waals surface area contributed by atoms with E-state index in [1.807, 2.05) is 0 Å². The van der Waals surface area contributed by atoms with Gasteiger partial charge in [0.2, 0.25) is 0 Å². The van der Waals surface area contributed by atoms with Gasteiger partial charge in [-0.15, -0.1) is 0 Å². The minimum atomic E-state index is 0.903. The summed E-state index contributed by atoms with van der Waals surface area (Å²) in [4.78, 5) is 2.30. The minimum absolute atomic E-state index is 0.903. The molecule has 0 bridgehead atoms. The summed E-state index contributed by atoms with van der Waals surface area (Å²) in [5.74, 6) is 1.87. The van der Waals surface area contributed by atoms with E-state index in [-0.39, 0.29) is 0 Å². The van der Waals surface area contributed by atoms with Crippen molar-refractivity contribution in [3.8, 4) is 0 Å². The summed E-state index contributed by atoms with van der Waals surface area (Å²) in [5, 5.41) is 0. The van der Waals surface area contributed by atoms with E-state index in [1.54, 1.807) is 0 Å². The van der Waals surface area contributed by atoms with Crippen LogP contribution in [-0.4, -0.2) is 32.2 Å². The second-order valence-corrected chi connectivity index (χ2v) is 2.74. The normalized spacial score (nSPS) is 38.3. The summed E-state index contributed by atoms with van der Waals surface area (Å²) in [6.07, 6.45) is 0. The van der Waals surface area contributed by atoms with Gasteiger partial charge in [-0.2, -0.15) is 0 Å². The fourth-order valence-electron chi connectivity index (χ4n) is 1.02. The molecule has 2 heteroatoms. The molecule has 0 radical (unpaired) electrons. The highest BCUT2D eigenvalue weighted by Crippen LogP contribution is 2.28. The predicted octanol–water partition coefficient (Wildman–Crippen LogP) is 0.133. The number of hydrogen-bond donors (Lipinski definition) is 0. The van der Waals surface area contributed by atoms with E-state index in [1.165, 1.54) is 7.28 Å².